The maximum Gasteiger partial charge on any atom is 0.255 e. The molecule has 5 nitrogen and oxygen atoms in total. The number of rotatable bonds is 5. The average molecular weight is 485 g/mol. The first-order valence-corrected chi connectivity index (χ1v) is 12.0. The zero-order valence-corrected chi connectivity index (χ0v) is 19.2. The lowest BCUT2D eigenvalue weighted by atomic mass is 9.94. The van der Waals surface area contributed by atoms with Crippen LogP contribution in [-0.4, -0.2) is 40.1 Å². The van der Waals surface area contributed by atoms with Crippen molar-refractivity contribution in [3.63, 3.8) is 0 Å². The lowest BCUT2D eigenvalue weighted by Gasteiger charge is -2.26. The highest BCUT2D eigenvalue weighted by Crippen LogP contribution is 2.33. The van der Waals surface area contributed by atoms with Crippen LogP contribution in [-0.2, 0) is 15.6 Å². The number of benzene rings is 3. The quantitative estimate of drug-likeness (QED) is 0.479. The molecule has 0 N–H and O–H groups in total. The number of carbonyl (C=O) groups is 2. The molecule has 1 aliphatic rings. The van der Waals surface area contributed by atoms with Crippen LogP contribution in [0.5, 0.6) is 0 Å². The summed E-state index contributed by atoms with van der Waals surface area (Å²) in [5, 5.41) is 11.8. The molecule has 162 valence electrons. The first kappa shape index (κ1) is 22.5. The third-order valence-corrected chi connectivity index (χ3v) is 7.81. The van der Waals surface area contributed by atoms with Crippen molar-refractivity contribution >= 4 is 57.0 Å². The van der Waals surface area contributed by atoms with Crippen molar-refractivity contribution in [2.75, 3.05) is 18.8 Å². The van der Waals surface area contributed by atoms with Gasteiger partial charge in [-0.25, -0.2) is 0 Å². The van der Waals surface area contributed by atoms with Crippen LogP contribution in [0.4, 0.5) is 0 Å². The highest BCUT2D eigenvalue weighted by Gasteiger charge is 2.32. The second kappa shape index (κ2) is 9.41. The molecule has 1 aliphatic heterocycles. The molecule has 0 radical (unpaired) electrons. The van der Waals surface area contributed by atoms with Gasteiger partial charge in [-0.2, -0.15) is 5.26 Å². The summed E-state index contributed by atoms with van der Waals surface area (Å²) in [5.74, 6) is -0.386. The molecule has 0 spiro atoms. The van der Waals surface area contributed by atoms with Gasteiger partial charge >= 0.3 is 0 Å². The second-order valence-electron chi connectivity index (χ2n) is 7.53. The molecule has 0 fully saturated rings. The van der Waals surface area contributed by atoms with Crippen LogP contribution in [0.1, 0.15) is 33.8 Å². The van der Waals surface area contributed by atoms with E-state index in [1.165, 1.54) is 0 Å². The Hall–Kier alpha value is -2.72. The van der Waals surface area contributed by atoms with Gasteiger partial charge < -0.3 is 9.69 Å². The van der Waals surface area contributed by atoms with Crippen LogP contribution < -0.4 is 0 Å². The van der Waals surface area contributed by atoms with Gasteiger partial charge in [0.25, 0.3) is 5.91 Å². The monoisotopic (exact) mass is 484 g/mol. The fourth-order valence-corrected chi connectivity index (χ4v) is 5.73. The smallest absolute Gasteiger partial charge is 0.255 e. The summed E-state index contributed by atoms with van der Waals surface area (Å²) in [6.45, 7) is 0.493. The van der Waals surface area contributed by atoms with E-state index in [4.69, 9.17) is 23.2 Å². The number of amides is 1. The molecule has 1 amide bonds. The molecular weight excluding hydrogens is 467 g/mol. The Morgan fingerprint density at radius 2 is 1.94 bits per heavy atom. The molecule has 8 heteroatoms. The fraction of sp³-hybridized carbons (Fsp3) is 0.208. The van der Waals surface area contributed by atoms with Crippen LogP contribution in [0, 0.1) is 11.3 Å². The van der Waals surface area contributed by atoms with Crippen molar-refractivity contribution in [3.8, 4) is 6.07 Å². The van der Waals surface area contributed by atoms with Crippen molar-refractivity contribution in [1.29, 1.82) is 5.26 Å². The number of halogens is 2. The van der Waals surface area contributed by atoms with Crippen LogP contribution in [0.3, 0.4) is 0 Å². The number of fused-ring (bicyclic) bond motifs is 3. The molecule has 1 heterocycles. The molecule has 0 saturated carbocycles. The zero-order chi connectivity index (χ0) is 22.8. The third kappa shape index (κ3) is 4.16. The Labute approximate surface area is 198 Å². The van der Waals surface area contributed by atoms with Crippen molar-refractivity contribution in [2.45, 2.75) is 17.2 Å². The molecule has 0 aliphatic carbocycles. The summed E-state index contributed by atoms with van der Waals surface area (Å²) < 4.78 is 13.1. The van der Waals surface area contributed by atoms with Gasteiger partial charge in [-0.15, -0.1) is 0 Å². The molecule has 0 bridgehead atoms. The lowest BCUT2D eigenvalue weighted by molar-refractivity contribution is -0.108. The molecular formula is C24H18Cl2N2O3S. The first-order chi connectivity index (χ1) is 15.4. The van der Waals surface area contributed by atoms with Crippen LogP contribution in [0.15, 0.2) is 53.4 Å². The maximum atomic E-state index is 13.7. The van der Waals surface area contributed by atoms with Crippen LogP contribution >= 0.6 is 23.2 Å². The summed E-state index contributed by atoms with van der Waals surface area (Å²) in [4.78, 5) is 27.0. The fourth-order valence-electron chi connectivity index (χ4n) is 4.05. The van der Waals surface area contributed by atoms with Crippen molar-refractivity contribution in [1.82, 2.24) is 4.90 Å². The number of hydrogen-bond donors (Lipinski definition) is 0. The number of carbonyl (C=O) groups excluding carboxylic acids is 2. The Kier molecular flexibility index (Phi) is 6.61. The predicted octanol–water partition coefficient (Wildman–Crippen LogP) is 4.95. The molecule has 0 aromatic heterocycles. The second-order valence-corrected chi connectivity index (χ2v) is 9.86. The van der Waals surface area contributed by atoms with E-state index in [9.17, 15) is 19.1 Å². The summed E-state index contributed by atoms with van der Waals surface area (Å²) in [6, 6.07) is 16.2. The molecule has 32 heavy (non-hydrogen) atoms. The Morgan fingerprint density at radius 3 is 2.66 bits per heavy atom. The van der Waals surface area contributed by atoms with Crippen molar-refractivity contribution in [3.05, 3.63) is 75.3 Å². The van der Waals surface area contributed by atoms with E-state index in [2.05, 4.69) is 6.07 Å². The van der Waals surface area contributed by atoms with Gasteiger partial charge in [-0.05, 0) is 34.5 Å². The SMILES string of the molecule is N#Cc1cc2ccccc2c2c1[S@](=O)CCN(C[C@@H](CC=O)c1ccc(Cl)c(Cl)c1)C2=O. The van der Waals surface area contributed by atoms with E-state index in [0.717, 1.165) is 17.2 Å². The minimum atomic E-state index is -1.50. The lowest BCUT2D eigenvalue weighted by Crippen LogP contribution is -2.36. The summed E-state index contributed by atoms with van der Waals surface area (Å²) >= 11 is 12.2. The van der Waals surface area contributed by atoms with E-state index >= 15 is 0 Å². The molecule has 3 aromatic rings. The number of nitriles is 1. The normalized spacial score (nSPS) is 16.8. The van der Waals surface area contributed by atoms with Gasteiger partial charge in [0.1, 0.15) is 12.4 Å². The highest BCUT2D eigenvalue weighted by atomic mass is 35.5. The molecule has 0 unspecified atom stereocenters. The number of nitrogens with zero attached hydrogens (tertiary/aromatic N) is 2. The molecule has 4 rings (SSSR count). The Bertz CT molecular complexity index is 1300. The van der Waals surface area contributed by atoms with Crippen molar-refractivity contribution < 1.29 is 13.8 Å². The molecule has 3 aromatic carbocycles. The Morgan fingerprint density at radius 1 is 1.16 bits per heavy atom. The zero-order valence-electron chi connectivity index (χ0n) is 16.9. The molecule has 0 saturated heterocycles. The number of hydrogen-bond acceptors (Lipinski definition) is 4. The predicted molar refractivity (Wildman–Crippen MR) is 126 cm³/mol. The Balaban J connectivity index is 1.79. The standard InChI is InChI=1S/C24H18Cl2N2O3S/c25-20-6-5-15(12-21(20)26)17(7-9-29)14-28-8-10-32(31)23-18(13-27)11-16-3-1-2-4-19(16)22(23)24(28)30/h1-6,9,11-12,17H,7-8,10,14H2/t17-,32-/m1/s1. The summed E-state index contributed by atoms with van der Waals surface area (Å²) in [7, 11) is -1.50. The first-order valence-electron chi connectivity index (χ1n) is 9.96. The van der Waals surface area contributed by atoms with Gasteiger partial charge in [0.05, 0.1) is 36.9 Å². The highest BCUT2D eigenvalue weighted by molar-refractivity contribution is 7.85. The minimum Gasteiger partial charge on any atom is -0.337 e. The summed E-state index contributed by atoms with van der Waals surface area (Å²) in [5.41, 5.74) is 1.34. The maximum absolute atomic E-state index is 13.7. The van der Waals surface area contributed by atoms with Gasteiger partial charge in [0, 0.05) is 31.2 Å². The number of aldehydes is 1. The van der Waals surface area contributed by atoms with E-state index in [-0.39, 0.29) is 42.7 Å². The van der Waals surface area contributed by atoms with E-state index in [0.29, 0.717) is 25.9 Å². The van der Waals surface area contributed by atoms with Crippen molar-refractivity contribution in [2.24, 2.45) is 0 Å². The largest absolute Gasteiger partial charge is 0.337 e. The van der Waals surface area contributed by atoms with Gasteiger partial charge in [0.2, 0.25) is 0 Å². The topological polar surface area (TPSA) is 78.2 Å². The van der Waals surface area contributed by atoms with Crippen LogP contribution in [0.25, 0.3) is 10.8 Å². The van der Waals surface area contributed by atoms with E-state index in [1.54, 1.807) is 35.2 Å². The van der Waals surface area contributed by atoms with E-state index < -0.39 is 10.8 Å². The van der Waals surface area contributed by atoms with Crippen LogP contribution in [0.2, 0.25) is 10.0 Å². The van der Waals surface area contributed by atoms with Gasteiger partial charge in [0.15, 0.2) is 0 Å². The van der Waals surface area contributed by atoms with E-state index in [1.807, 2.05) is 18.2 Å². The van der Waals surface area contributed by atoms with Gasteiger partial charge in [-0.3, -0.25) is 9.00 Å². The third-order valence-electron chi connectivity index (χ3n) is 5.63. The van der Waals surface area contributed by atoms with Gasteiger partial charge in [-0.1, -0.05) is 53.5 Å². The minimum absolute atomic E-state index is 0.191. The summed E-state index contributed by atoms with van der Waals surface area (Å²) in [6.07, 6.45) is 1.00. The average Bonchev–Trinajstić information content (AvgIpc) is 2.92. The molecule has 2 atom stereocenters.